The zero-order valence-corrected chi connectivity index (χ0v) is 11.6. The van der Waals surface area contributed by atoms with Crippen LogP contribution >= 0.6 is 11.3 Å². The van der Waals surface area contributed by atoms with Gasteiger partial charge in [-0.3, -0.25) is 0 Å². The fourth-order valence-corrected chi connectivity index (χ4v) is 3.31. The predicted molar refractivity (Wildman–Crippen MR) is 72.3 cm³/mol. The molecule has 0 aliphatic carbocycles. The van der Waals surface area contributed by atoms with Gasteiger partial charge in [0.25, 0.3) is 10.0 Å². The van der Waals surface area contributed by atoms with E-state index in [1.54, 1.807) is 6.07 Å². The van der Waals surface area contributed by atoms with E-state index in [2.05, 4.69) is 10.1 Å². The molecule has 0 aliphatic heterocycles. The zero-order chi connectivity index (χ0) is 14.2. The van der Waals surface area contributed by atoms with Crippen LogP contribution in [-0.4, -0.2) is 22.6 Å². The molecule has 1 aromatic carbocycles. The van der Waals surface area contributed by atoms with Crippen molar-refractivity contribution in [2.45, 2.75) is 4.90 Å². The normalized spacial score (nSPS) is 11.7. The summed E-state index contributed by atoms with van der Waals surface area (Å²) in [4.78, 5) is 4.71. The number of hydrogen-bond acceptors (Lipinski definition) is 5. The molecule has 0 unspecified atom stereocenters. The van der Waals surface area contributed by atoms with E-state index < -0.39 is 15.8 Å². The highest BCUT2D eigenvalue weighted by Gasteiger charge is 2.19. The Morgan fingerprint density at radius 1 is 1.15 bits per heavy atom. The van der Waals surface area contributed by atoms with Crippen LogP contribution in [0.25, 0.3) is 10.7 Å². The van der Waals surface area contributed by atoms with Crippen LogP contribution in [0.4, 0.5) is 4.39 Å². The standard InChI is InChI=1S/C12H8FN3O2S2/c13-9-3-5-10(6-4-9)20(17,18)16-8-14-12(15-16)11-2-1-7-19-11/h1-8H. The van der Waals surface area contributed by atoms with Gasteiger partial charge >= 0.3 is 0 Å². The maximum atomic E-state index is 12.8. The Kier molecular flexibility index (Phi) is 3.11. The van der Waals surface area contributed by atoms with Crippen LogP contribution in [0.15, 0.2) is 53.0 Å². The van der Waals surface area contributed by atoms with E-state index in [0.29, 0.717) is 5.82 Å². The first-order valence-corrected chi connectivity index (χ1v) is 7.86. The van der Waals surface area contributed by atoms with Crippen molar-refractivity contribution in [2.24, 2.45) is 0 Å². The van der Waals surface area contributed by atoms with Gasteiger partial charge in [-0.1, -0.05) is 6.07 Å². The van der Waals surface area contributed by atoms with Gasteiger partial charge in [0.1, 0.15) is 12.1 Å². The molecule has 5 nitrogen and oxygen atoms in total. The van der Waals surface area contributed by atoms with E-state index in [-0.39, 0.29) is 4.90 Å². The summed E-state index contributed by atoms with van der Waals surface area (Å²) in [5.41, 5.74) is 0. The minimum Gasteiger partial charge on any atom is -0.213 e. The molecule has 0 aliphatic rings. The van der Waals surface area contributed by atoms with Crippen LogP contribution in [0.3, 0.4) is 0 Å². The lowest BCUT2D eigenvalue weighted by Gasteiger charge is -2.02. The third kappa shape index (κ3) is 2.23. The van der Waals surface area contributed by atoms with E-state index >= 15 is 0 Å². The van der Waals surface area contributed by atoms with Crippen molar-refractivity contribution in [3.05, 3.63) is 53.9 Å². The number of nitrogens with zero attached hydrogens (tertiary/aromatic N) is 3. The number of thiophene rings is 1. The molecule has 0 fully saturated rings. The zero-order valence-electron chi connectivity index (χ0n) is 9.97. The topological polar surface area (TPSA) is 64.8 Å². The van der Waals surface area contributed by atoms with Crippen LogP contribution in [0.1, 0.15) is 0 Å². The average molecular weight is 309 g/mol. The van der Waals surface area contributed by atoms with Gasteiger partial charge in [-0.05, 0) is 35.7 Å². The maximum Gasteiger partial charge on any atom is 0.284 e. The van der Waals surface area contributed by atoms with Gasteiger partial charge in [0, 0.05) is 0 Å². The van der Waals surface area contributed by atoms with Crippen LogP contribution in [0, 0.1) is 5.82 Å². The Balaban J connectivity index is 2.02. The van der Waals surface area contributed by atoms with Gasteiger partial charge < -0.3 is 0 Å². The van der Waals surface area contributed by atoms with Gasteiger partial charge in [0.05, 0.1) is 9.77 Å². The molecule has 0 N–H and O–H groups in total. The van der Waals surface area contributed by atoms with Gasteiger partial charge in [0.15, 0.2) is 5.82 Å². The number of aromatic nitrogens is 3. The fourth-order valence-electron chi connectivity index (χ4n) is 1.60. The van der Waals surface area contributed by atoms with Crippen LogP contribution < -0.4 is 0 Å². The lowest BCUT2D eigenvalue weighted by atomic mass is 10.4. The summed E-state index contributed by atoms with van der Waals surface area (Å²) in [6.45, 7) is 0. The molecule has 0 atom stereocenters. The smallest absolute Gasteiger partial charge is 0.213 e. The van der Waals surface area contributed by atoms with Crippen molar-refractivity contribution in [1.29, 1.82) is 0 Å². The molecular weight excluding hydrogens is 301 g/mol. The molecule has 0 saturated carbocycles. The summed E-state index contributed by atoms with van der Waals surface area (Å²) in [6, 6.07) is 8.19. The van der Waals surface area contributed by atoms with Crippen molar-refractivity contribution in [3.63, 3.8) is 0 Å². The molecule has 2 aromatic heterocycles. The minimum atomic E-state index is -3.84. The molecule has 8 heteroatoms. The van der Waals surface area contributed by atoms with E-state index in [1.807, 2.05) is 11.4 Å². The largest absolute Gasteiger partial charge is 0.284 e. The minimum absolute atomic E-state index is 0.0403. The van der Waals surface area contributed by atoms with Crippen molar-refractivity contribution < 1.29 is 12.8 Å². The van der Waals surface area contributed by atoms with Gasteiger partial charge in [0.2, 0.25) is 0 Å². The summed E-state index contributed by atoms with van der Waals surface area (Å²) < 4.78 is 38.2. The molecule has 20 heavy (non-hydrogen) atoms. The number of benzene rings is 1. The van der Waals surface area contributed by atoms with Gasteiger partial charge in [-0.2, -0.15) is 8.42 Å². The lowest BCUT2D eigenvalue weighted by Crippen LogP contribution is -2.13. The Bertz CT molecular complexity index is 824. The predicted octanol–water partition coefficient (Wildman–Crippen LogP) is 2.38. The first kappa shape index (κ1) is 12.9. The number of rotatable bonds is 3. The third-order valence-electron chi connectivity index (χ3n) is 2.57. The molecule has 3 aromatic rings. The van der Waals surface area contributed by atoms with Crippen LogP contribution in [-0.2, 0) is 10.0 Å². The molecule has 102 valence electrons. The quantitative estimate of drug-likeness (QED) is 0.745. The van der Waals surface area contributed by atoms with E-state index in [9.17, 15) is 12.8 Å². The highest BCUT2D eigenvalue weighted by atomic mass is 32.2. The average Bonchev–Trinajstić information content (AvgIpc) is 3.10. The highest BCUT2D eigenvalue weighted by molar-refractivity contribution is 7.89. The second-order valence-electron chi connectivity index (χ2n) is 3.88. The van der Waals surface area contributed by atoms with Crippen molar-refractivity contribution in [2.75, 3.05) is 0 Å². The first-order chi connectivity index (χ1) is 9.57. The SMILES string of the molecule is O=S(=O)(c1ccc(F)cc1)n1cnc(-c2cccs2)n1. The molecule has 0 bridgehead atoms. The highest BCUT2D eigenvalue weighted by Crippen LogP contribution is 2.21. The summed E-state index contributed by atoms with van der Waals surface area (Å²) >= 11 is 1.42. The third-order valence-corrected chi connectivity index (χ3v) is 4.97. The van der Waals surface area contributed by atoms with Crippen LogP contribution in [0.5, 0.6) is 0 Å². The first-order valence-electron chi connectivity index (χ1n) is 5.54. The molecule has 0 spiro atoms. The number of halogens is 1. The van der Waals surface area contributed by atoms with E-state index in [0.717, 1.165) is 27.4 Å². The second-order valence-corrected chi connectivity index (χ2v) is 6.62. The van der Waals surface area contributed by atoms with Gasteiger partial charge in [-0.15, -0.1) is 20.5 Å². The Hall–Kier alpha value is -2.06. The Labute approximate surface area is 118 Å². The van der Waals surface area contributed by atoms with Crippen molar-refractivity contribution in [3.8, 4) is 10.7 Å². The molecule has 0 radical (unpaired) electrons. The Morgan fingerprint density at radius 2 is 1.90 bits per heavy atom. The molecule has 2 heterocycles. The van der Waals surface area contributed by atoms with Crippen LogP contribution in [0.2, 0.25) is 0 Å². The van der Waals surface area contributed by atoms with Crippen molar-refractivity contribution >= 4 is 21.4 Å². The number of hydrogen-bond donors (Lipinski definition) is 0. The monoisotopic (exact) mass is 309 g/mol. The summed E-state index contributed by atoms with van der Waals surface area (Å²) in [5.74, 6) is -0.160. The lowest BCUT2D eigenvalue weighted by molar-refractivity contribution is 0.579. The fraction of sp³-hybridized carbons (Fsp3) is 0. The van der Waals surface area contributed by atoms with Gasteiger partial charge in [-0.25, -0.2) is 9.37 Å². The Morgan fingerprint density at radius 3 is 2.55 bits per heavy atom. The second kappa shape index (κ2) is 4.80. The summed E-state index contributed by atoms with van der Waals surface area (Å²) in [5, 5.41) is 5.81. The summed E-state index contributed by atoms with van der Waals surface area (Å²) in [6.07, 6.45) is 1.13. The molecule has 0 amide bonds. The maximum absolute atomic E-state index is 12.8. The molecule has 3 rings (SSSR count). The van der Waals surface area contributed by atoms with E-state index in [1.165, 1.54) is 23.5 Å². The van der Waals surface area contributed by atoms with E-state index in [4.69, 9.17) is 0 Å². The molecular formula is C12H8FN3O2S2. The molecule has 0 saturated heterocycles. The van der Waals surface area contributed by atoms with Crippen molar-refractivity contribution in [1.82, 2.24) is 14.2 Å². The summed E-state index contributed by atoms with van der Waals surface area (Å²) in [7, 11) is -3.84.